The van der Waals surface area contributed by atoms with Crippen molar-refractivity contribution in [2.45, 2.75) is 0 Å². The van der Waals surface area contributed by atoms with Crippen molar-refractivity contribution >= 4 is 5.97 Å². The fraction of sp³-hybridized carbons (Fsp3) is 0.286. The van der Waals surface area contributed by atoms with E-state index in [-0.39, 0.29) is 6.54 Å². The number of hydrogen-bond donors (Lipinski definition) is 4. The minimum atomic E-state index is -1.00. The highest BCUT2D eigenvalue weighted by Gasteiger charge is 1.93. The number of H-pyrrole nitrogens is 2. The third kappa shape index (κ3) is 6.16. The number of rotatable bonds is 2. The van der Waals surface area contributed by atoms with Gasteiger partial charge in [-0.3, -0.25) is 14.6 Å². The monoisotopic (exact) mass is 219 g/mol. The summed E-state index contributed by atoms with van der Waals surface area (Å²) in [4.78, 5) is 33.5. The highest BCUT2D eigenvalue weighted by atomic mass is 19.1. The molecule has 0 aliphatic rings. The zero-order chi connectivity index (χ0) is 11.8. The van der Waals surface area contributed by atoms with Crippen molar-refractivity contribution in [3.63, 3.8) is 0 Å². The van der Waals surface area contributed by atoms with Crippen LogP contribution in [0.5, 0.6) is 0 Å². The molecular formula is C7H10FN3O4. The van der Waals surface area contributed by atoms with Gasteiger partial charge in [-0.2, -0.15) is 4.39 Å². The quantitative estimate of drug-likeness (QED) is 0.483. The molecule has 1 aromatic heterocycles. The summed E-state index contributed by atoms with van der Waals surface area (Å²) < 4.78 is 12.0. The third-order valence-electron chi connectivity index (χ3n) is 1.10. The van der Waals surface area contributed by atoms with Crippen molar-refractivity contribution in [1.29, 1.82) is 0 Å². The zero-order valence-corrected chi connectivity index (χ0v) is 7.83. The van der Waals surface area contributed by atoms with Gasteiger partial charge in [-0.05, 0) is 7.05 Å². The zero-order valence-electron chi connectivity index (χ0n) is 7.83. The first-order chi connectivity index (χ1) is 6.97. The van der Waals surface area contributed by atoms with E-state index < -0.39 is 23.0 Å². The van der Waals surface area contributed by atoms with Gasteiger partial charge in [0.2, 0.25) is 5.82 Å². The first kappa shape index (κ1) is 13.0. The van der Waals surface area contributed by atoms with Crippen molar-refractivity contribution in [3.8, 4) is 0 Å². The molecule has 1 aromatic rings. The summed E-state index contributed by atoms with van der Waals surface area (Å²) in [5.41, 5.74) is -1.71. The van der Waals surface area contributed by atoms with E-state index in [0.717, 1.165) is 0 Å². The van der Waals surface area contributed by atoms with E-state index in [9.17, 15) is 18.8 Å². The van der Waals surface area contributed by atoms with Crippen LogP contribution in [0, 0.1) is 5.82 Å². The van der Waals surface area contributed by atoms with Gasteiger partial charge in [0.1, 0.15) is 0 Å². The third-order valence-corrected chi connectivity index (χ3v) is 1.10. The summed E-state index contributed by atoms with van der Waals surface area (Å²) in [6.07, 6.45) is 0.709. The molecule has 0 fully saturated rings. The highest BCUT2D eigenvalue weighted by molar-refractivity contribution is 5.68. The maximum atomic E-state index is 12.0. The Bertz CT molecular complexity index is 425. The molecule has 0 radical (unpaired) electrons. The lowest BCUT2D eigenvalue weighted by molar-refractivity contribution is -0.135. The Morgan fingerprint density at radius 3 is 2.47 bits per heavy atom. The smallest absolute Gasteiger partial charge is 0.325 e. The average molecular weight is 219 g/mol. The molecule has 0 spiro atoms. The van der Waals surface area contributed by atoms with Gasteiger partial charge in [-0.1, -0.05) is 0 Å². The molecule has 8 heteroatoms. The Balaban J connectivity index is 0.000000288. The number of aliphatic carboxylic acids is 1. The second kappa shape index (κ2) is 6.49. The van der Waals surface area contributed by atoms with Gasteiger partial charge in [0.25, 0.3) is 5.56 Å². The highest BCUT2D eigenvalue weighted by Crippen LogP contribution is 1.74. The Morgan fingerprint density at radius 2 is 2.20 bits per heavy atom. The molecule has 0 aliphatic heterocycles. The van der Waals surface area contributed by atoms with E-state index in [4.69, 9.17) is 5.11 Å². The summed E-state index contributed by atoms with van der Waals surface area (Å²) >= 11 is 0. The topological polar surface area (TPSA) is 115 Å². The van der Waals surface area contributed by atoms with Crippen LogP contribution in [0.4, 0.5) is 4.39 Å². The van der Waals surface area contributed by atoms with Crippen LogP contribution in [0.25, 0.3) is 0 Å². The molecule has 0 unspecified atom stereocenters. The lowest BCUT2D eigenvalue weighted by Gasteiger charge is -1.84. The number of carboxylic acids is 1. The minimum absolute atomic E-state index is 0.0417. The molecule has 0 saturated heterocycles. The van der Waals surface area contributed by atoms with Crippen LogP contribution < -0.4 is 16.6 Å². The van der Waals surface area contributed by atoms with Crippen molar-refractivity contribution in [1.82, 2.24) is 15.3 Å². The van der Waals surface area contributed by atoms with E-state index in [0.29, 0.717) is 6.20 Å². The summed E-state index contributed by atoms with van der Waals surface area (Å²) in [6, 6.07) is 0. The van der Waals surface area contributed by atoms with Crippen molar-refractivity contribution in [2.24, 2.45) is 0 Å². The molecule has 84 valence electrons. The van der Waals surface area contributed by atoms with E-state index in [1.807, 2.05) is 4.98 Å². The van der Waals surface area contributed by atoms with Gasteiger partial charge < -0.3 is 15.4 Å². The van der Waals surface area contributed by atoms with E-state index >= 15 is 0 Å². The van der Waals surface area contributed by atoms with Crippen LogP contribution in [0.3, 0.4) is 0 Å². The SMILES string of the molecule is CNCC(=O)O.O=c1[nH]cc(F)c(=O)[nH]1. The molecule has 1 heterocycles. The summed E-state index contributed by atoms with van der Waals surface area (Å²) in [7, 11) is 1.59. The Kier molecular flexibility index (Phi) is 5.64. The molecule has 0 aliphatic carbocycles. The van der Waals surface area contributed by atoms with Gasteiger partial charge >= 0.3 is 11.7 Å². The lowest BCUT2D eigenvalue weighted by Crippen LogP contribution is -2.23. The number of halogens is 1. The molecule has 1 rings (SSSR count). The van der Waals surface area contributed by atoms with E-state index in [2.05, 4.69) is 5.32 Å². The molecule has 0 bridgehead atoms. The Labute approximate surface area is 83.0 Å². The van der Waals surface area contributed by atoms with Gasteiger partial charge in [-0.15, -0.1) is 0 Å². The molecule has 7 nitrogen and oxygen atoms in total. The number of carbonyl (C=O) groups is 1. The first-order valence-electron chi connectivity index (χ1n) is 3.81. The molecule has 0 amide bonds. The Morgan fingerprint density at radius 1 is 1.60 bits per heavy atom. The first-order valence-corrected chi connectivity index (χ1v) is 3.81. The van der Waals surface area contributed by atoms with Gasteiger partial charge in [-0.25, -0.2) is 4.79 Å². The summed E-state index contributed by atoms with van der Waals surface area (Å²) in [5.74, 6) is -1.81. The molecule has 0 atom stereocenters. The normalized spacial score (nSPS) is 8.93. The van der Waals surface area contributed by atoms with Gasteiger partial charge in [0.05, 0.1) is 6.54 Å². The second-order valence-corrected chi connectivity index (χ2v) is 2.34. The predicted octanol–water partition coefficient (Wildman–Crippen LogP) is -1.51. The van der Waals surface area contributed by atoms with E-state index in [1.54, 1.807) is 12.0 Å². The van der Waals surface area contributed by atoms with Gasteiger partial charge in [0.15, 0.2) is 0 Å². The largest absolute Gasteiger partial charge is 0.480 e. The second-order valence-electron chi connectivity index (χ2n) is 2.34. The van der Waals surface area contributed by atoms with E-state index in [1.165, 1.54) is 0 Å². The number of likely N-dealkylation sites (N-methyl/N-ethyl adjacent to an activating group) is 1. The molecule has 15 heavy (non-hydrogen) atoms. The molecule has 0 saturated carbocycles. The predicted molar refractivity (Wildman–Crippen MR) is 49.2 cm³/mol. The number of aromatic nitrogens is 2. The van der Waals surface area contributed by atoms with Crippen molar-refractivity contribution in [3.05, 3.63) is 32.9 Å². The lowest BCUT2D eigenvalue weighted by atomic mass is 10.6. The minimum Gasteiger partial charge on any atom is -0.480 e. The summed E-state index contributed by atoms with van der Waals surface area (Å²) in [5, 5.41) is 10.3. The number of hydrogen-bond acceptors (Lipinski definition) is 4. The van der Waals surface area contributed by atoms with Crippen LogP contribution in [0.15, 0.2) is 15.8 Å². The fourth-order valence-electron chi connectivity index (χ4n) is 0.545. The van der Waals surface area contributed by atoms with Crippen LogP contribution in [-0.4, -0.2) is 34.6 Å². The molecule has 0 aromatic carbocycles. The maximum absolute atomic E-state index is 12.0. The van der Waals surface area contributed by atoms with Crippen LogP contribution in [-0.2, 0) is 4.79 Å². The van der Waals surface area contributed by atoms with Crippen LogP contribution in [0.2, 0.25) is 0 Å². The molecule has 4 N–H and O–H groups in total. The standard InChI is InChI=1S/C4H3FN2O2.C3H7NO2/c5-2-1-6-4(9)7-3(2)8;1-4-2-3(5)6/h1H,(H2,6,7,8,9);4H,2H2,1H3,(H,5,6). The van der Waals surface area contributed by atoms with Crippen LogP contribution >= 0.6 is 0 Å². The van der Waals surface area contributed by atoms with Crippen LogP contribution in [0.1, 0.15) is 0 Å². The number of aromatic amines is 2. The molecular weight excluding hydrogens is 209 g/mol. The summed E-state index contributed by atoms with van der Waals surface area (Å²) in [6.45, 7) is 0.0417. The Hall–Kier alpha value is -1.96. The number of carboxylic acid groups (broad SMARTS) is 1. The average Bonchev–Trinajstić information content (AvgIpc) is 2.13. The van der Waals surface area contributed by atoms with Crippen molar-refractivity contribution < 1.29 is 14.3 Å². The fourth-order valence-corrected chi connectivity index (χ4v) is 0.545. The maximum Gasteiger partial charge on any atom is 0.325 e. The number of nitrogens with one attached hydrogen (secondary N) is 3. The van der Waals surface area contributed by atoms with Crippen molar-refractivity contribution in [2.75, 3.05) is 13.6 Å². The van der Waals surface area contributed by atoms with Gasteiger partial charge in [0, 0.05) is 6.20 Å².